The lowest BCUT2D eigenvalue weighted by Gasteiger charge is -2.17. The number of rotatable bonds is 4. The summed E-state index contributed by atoms with van der Waals surface area (Å²) < 4.78 is 5.08. The first-order valence-corrected chi connectivity index (χ1v) is 8.72. The summed E-state index contributed by atoms with van der Waals surface area (Å²) in [5, 5.41) is 3.45. The summed E-state index contributed by atoms with van der Waals surface area (Å²) in [5.74, 6) is 0.853. The zero-order chi connectivity index (χ0) is 18.1. The molecule has 0 spiro atoms. The van der Waals surface area contributed by atoms with Crippen LogP contribution in [0.4, 0.5) is 11.4 Å². The lowest BCUT2D eigenvalue weighted by Crippen LogP contribution is -2.05. The van der Waals surface area contributed by atoms with Crippen molar-refractivity contribution in [3.05, 3.63) is 84.7 Å². The Labute approximate surface area is 152 Å². The van der Waals surface area contributed by atoms with Gasteiger partial charge in [-0.3, -0.25) is 4.98 Å². The number of nitrogens with zero attached hydrogens (tertiary/aromatic N) is 1. The van der Waals surface area contributed by atoms with Crippen LogP contribution in [0.15, 0.2) is 79.1 Å². The van der Waals surface area contributed by atoms with E-state index in [1.165, 1.54) is 5.56 Å². The van der Waals surface area contributed by atoms with Crippen LogP contribution in [0, 0.1) is 0 Å². The second-order valence-electron chi connectivity index (χ2n) is 6.18. The monoisotopic (exact) mass is 352 g/mol. The van der Waals surface area contributed by atoms with Crippen molar-refractivity contribution in [3.63, 3.8) is 0 Å². The van der Waals surface area contributed by atoms with E-state index in [0.717, 1.165) is 17.1 Å². The molecule has 3 nitrogen and oxygen atoms in total. The van der Waals surface area contributed by atoms with Gasteiger partial charge in [0.2, 0.25) is 0 Å². The summed E-state index contributed by atoms with van der Waals surface area (Å²) in [7, 11) is 4.49. The van der Waals surface area contributed by atoms with Crippen molar-refractivity contribution in [1.82, 2.24) is 4.98 Å². The maximum Gasteiger partial charge on any atom is 0.119 e. The van der Waals surface area contributed by atoms with Gasteiger partial charge in [-0.05, 0) is 42.0 Å². The first kappa shape index (κ1) is 19.0. The molecule has 1 aromatic heterocycles. The van der Waals surface area contributed by atoms with Crippen molar-refractivity contribution in [2.45, 2.75) is 19.0 Å². The highest BCUT2D eigenvalue weighted by Gasteiger charge is 2.11. The standard InChI is InChI=1S/C12H12N2O.C9H13P/c1-15-12-6-4-10(5-7-12)14-11-3-2-8-13-9-11;1-9(2,10)8-6-4-3-5-7-8/h2-9,14H,1H3;3-7H,10H2,1-2H3. The third-order valence-electron chi connectivity index (χ3n) is 3.56. The number of hydrogen-bond acceptors (Lipinski definition) is 3. The number of nitrogens with one attached hydrogen (secondary N) is 1. The number of aromatic nitrogens is 1. The predicted octanol–water partition coefficient (Wildman–Crippen LogP) is 5.63. The van der Waals surface area contributed by atoms with Gasteiger partial charge in [-0.1, -0.05) is 44.2 Å². The molecule has 130 valence electrons. The quantitative estimate of drug-likeness (QED) is 0.618. The van der Waals surface area contributed by atoms with Crippen LogP contribution in [0.1, 0.15) is 19.4 Å². The van der Waals surface area contributed by atoms with Crippen LogP contribution in [0.3, 0.4) is 0 Å². The van der Waals surface area contributed by atoms with Crippen molar-refractivity contribution in [2.24, 2.45) is 0 Å². The van der Waals surface area contributed by atoms with Crippen LogP contribution in [0.5, 0.6) is 5.75 Å². The highest BCUT2D eigenvalue weighted by atomic mass is 31.0. The van der Waals surface area contributed by atoms with Crippen LogP contribution in [0.25, 0.3) is 0 Å². The Hall–Kier alpha value is -2.38. The molecule has 0 aliphatic rings. The van der Waals surface area contributed by atoms with Crippen molar-refractivity contribution < 1.29 is 4.74 Å². The molecule has 0 saturated carbocycles. The van der Waals surface area contributed by atoms with Crippen LogP contribution >= 0.6 is 9.24 Å². The Morgan fingerprint density at radius 2 is 1.56 bits per heavy atom. The van der Waals surface area contributed by atoms with Gasteiger partial charge in [-0.15, -0.1) is 9.24 Å². The molecule has 1 atom stereocenters. The molecular weight excluding hydrogens is 327 g/mol. The fraction of sp³-hybridized carbons (Fsp3) is 0.190. The van der Waals surface area contributed by atoms with E-state index in [-0.39, 0.29) is 5.16 Å². The van der Waals surface area contributed by atoms with E-state index in [1.807, 2.05) is 42.5 Å². The molecule has 4 heteroatoms. The van der Waals surface area contributed by atoms with Crippen LogP contribution in [0.2, 0.25) is 0 Å². The highest BCUT2D eigenvalue weighted by Crippen LogP contribution is 2.29. The Balaban J connectivity index is 0.000000196. The molecule has 1 unspecified atom stereocenters. The largest absolute Gasteiger partial charge is 0.497 e. The molecule has 1 N–H and O–H groups in total. The maximum atomic E-state index is 5.08. The average Bonchev–Trinajstić information content (AvgIpc) is 2.64. The van der Waals surface area contributed by atoms with Gasteiger partial charge in [0.05, 0.1) is 19.0 Å². The van der Waals surface area contributed by atoms with Gasteiger partial charge in [0, 0.05) is 17.0 Å². The number of anilines is 2. The third kappa shape index (κ3) is 6.56. The van der Waals surface area contributed by atoms with E-state index in [1.54, 1.807) is 19.5 Å². The summed E-state index contributed by atoms with van der Waals surface area (Å²) in [6, 6.07) is 22.1. The third-order valence-corrected chi connectivity index (χ3v) is 3.89. The highest BCUT2D eigenvalue weighted by molar-refractivity contribution is 7.18. The molecule has 3 rings (SSSR count). The summed E-state index contributed by atoms with van der Waals surface area (Å²) in [4.78, 5) is 4.03. The zero-order valence-electron chi connectivity index (χ0n) is 14.9. The minimum Gasteiger partial charge on any atom is -0.497 e. The Bertz CT molecular complexity index is 738. The van der Waals surface area contributed by atoms with Crippen LogP contribution < -0.4 is 10.1 Å². The topological polar surface area (TPSA) is 34.1 Å². The van der Waals surface area contributed by atoms with Gasteiger partial charge in [0.15, 0.2) is 0 Å². The molecule has 0 aliphatic carbocycles. The predicted molar refractivity (Wildman–Crippen MR) is 110 cm³/mol. The number of methoxy groups -OCH3 is 1. The van der Waals surface area contributed by atoms with Crippen LogP contribution in [-0.2, 0) is 5.16 Å². The second kappa shape index (κ2) is 9.19. The normalized spacial score (nSPS) is 10.4. The van der Waals surface area contributed by atoms with Gasteiger partial charge >= 0.3 is 0 Å². The van der Waals surface area contributed by atoms with E-state index in [4.69, 9.17) is 4.74 Å². The molecule has 2 aromatic carbocycles. The molecule has 25 heavy (non-hydrogen) atoms. The van der Waals surface area contributed by atoms with Gasteiger partial charge in [0.25, 0.3) is 0 Å². The van der Waals surface area contributed by atoms with E-state index in [2.05, 4.69) is 57.7 Å². The van der Waals surface area contributed by atoms with E-state index in [0.29, 0.717) is 0 Å². The lowest BCUT2D eigenvalue weighted by molar-refractivity contribution is 0.415. The SMILES string of the molecule is CC(C)(P)c1ccccc1.COc1ccc(Nc2cccnc2)cc1. The molecule has 1 heterocycles. The molecular formula is C21H25N2OP. The summed E-state index contributed by atoms with van der Waals surface area (Å²) in [6.45, 7) is 4.38. The average molecular weight is 352 g/mol. The van der Waals surface area contributed by atoms with Crippen molar-refractivity contribution in [1.29, 1.82) is 0 Å². The van der Waals surface area contributed by atoms with Gasteiger partial charge in [-0.2, -0.15) is 0 Å². The molecule has 0 bridgehead atoms. The molecule has 0 fully saturated rings. The van der Waals surface area contributed by atoms with Crippen LogP contribution in [-0.4, -0.2) is 12.1 Å². The van der Waals surface area contributed by atoms with E-state index >= 15 is 0 Å². The molecule has 0 radical (unpaired) electrons. The summed E-state index contributed by atoms with van der Waals surface area (Å²) in [5.41, 5.74) is 3.35. The fourth-order valence-corrected chi connectivity index (χ4v) is 2.34. The van der Waals surface area contributed by atoms with Crippen molar-refractivity contribution in [2.75, 3.05) is 12.4 Å². The van der Waals surface area contributed by atoms with E-state index < -0.39 is 0 Å². The maximum absolute atomic E-state index is 5.08. The minimum atomic E-state index is 0.210. The summed E-state index contributed by atoms with van der Waals surface area (Å²) >= 11 is 0. The molecule has 0 amide bonds. The Kier molecular flexibility index (Phi) is 6.97. The smallest absolute Gasteiger partial charge is 0.119 e. The Morgan fingerprint density at radius 1 is 0.880 bits per heavy atom. The molecule has 0 aliphatic heterocycles. The lowest BCUT2D eigenvalue weighted by atomic mass is 10.0. The Morgan fingerprint density at radius 3 is 2.04 bits per heavy atom. The molecule has 0 saturated heterocycles. The number of pyridine rings is 1. The van der Waals surface area contributed by atoms with Gasteiger partial charge in [0.1, 0.15) is 5.75 Å². The first-order valence-electron chi connectivity index (χ1n) is 8.14. The minimum absolute atomic E-state index is 0.210. The number of hydrogen-bond donors (Lipinski definition) is 1. The number of benzene rings is 2. The van der Waals surface area contributed by atoms with Crippen molar-refractivity contribution >= 4 is 20.6 Å². The second-order valence-corrected chi connectivity index (χ2v) is 7.63. The van der Waals surface area contributed by atoms with Crippen molar-refractivity contribution in [3.8, 4) is 5.75 Å². The first-order chi connectivity index (χ1) is 12.0. The fourth-order valence-electron chi connectivity index (χ4n) is 2.15. The zero-order valence-corrected chi connectivity index (χ0v) is 16.1. The number of ether oxygens (including phenoxy) is 1. The summed E-state index contributed by atoms with van der Waals surface area (Å²) in [6.07, 6.45) is 3.53. The van der Waals surface area contributed by atoms with Gasteiger partial charge < -0.3 is 10.1 Å². The van der Waals surface area contributed by atoms with Gasteiger partial charge in [-0.25, -0.2) is 0 Å². The molecule has 3 aromatic rings. The van der Waals surface area contributed by atoms with E-state index in [9.17, 15) is 0 Å².